The van der Waals surface area contributed by atoms with Crippen molar-refractivity contribution in [2.75, 3.05) is 57.3 Å². The predicted octanol–water partition coefficient (Wildman–Crippen LogP) is 3.64. The number of nitrogens with one attached hydrogen (secondary N) is 1. The molecule has 11 heteroatoms. The summed E-state index contributed by atoms with van der Waals surface area (Å²) in [6.45, 7) is 9.36. The standard InChI is InChI=1S/C24H30BrN5O3S2/c1-3-30(4-2)35(32,33)20-8-5-18(6-9-20)23(31)26-11-12-28-13-15-29(16-14-28)24-27-21-10-7-19(25)17-22(21)34-24/h5-10,17H,3-4,11-16H2,1-2H3,(H,26,31). The second-order valence-electron chi connectivity index (χ2n) is 8.31. The van der Waals surface area contributed by atoms with Crippen LogP contribution >= 0.6 is 27.3 Å². The van der Waals surface area contributed by atoms with Crippen LogP contribution in [0.3, 0.4) is 0 Å². The Labute approximate surface area is 219 Å². The van der Waals surface area contributed by atoms with E-state index in [0.29, 0.717) is 25.2 Å². The number of carbonyl (C=O) groups is 1. The summed E-state index contributed by atoms with van der Waals surface area (Å²) in [4.78, 5) is 22.2. The van der Waals surface area contributed by atoms with Crippen molar-refractivity contribution in [1.29, 1.82) is 0 Å². The largest absolute Gasteiger partial charge is 0.351 e. The first kappa shape index (κ1) is 26.0. The molecule has 1 N–H and O–H groups in total. The van der Waals surface area contributed by atoms with Crippen LogP contribution in [0.4, 0.5) is 5.13 Å². The van der Waals surface area contributed by atoms with E-state index < -0.39 is 10.0 Å². The molecule has 1 amide bonds. The lowest BCUT2D eigenvalue weighted by molar-refractivity contribution is 0.0947. The highest BCUT2D eigenvalue weighted by molar-refractivity contribution is 9.10. The van der Waals surface area contributed by atoms with Crippen molar-refractivity contribution in [3.8, 4) is 0 Å². The lowest BCUT2D eigenvalue weighted by Crippen LogP contribution is -2.48. The number of aromatic nitrogens is 1. The fourth-order valence-corrected chi connectivity index (χ4v) is 7.13. The Hall–Kier alpha value is -2.05. The minimum Gasteiger partial charge on any atom is -0.351 e. The highest BCUT2D eigenvalue weighted by Gasteiger charge is 2.22. The molecule has 1 aromatic heterocycles. The number of carbonyl (C=O) groups excluding carboxylic acids is 1. The maximum Gasteiger partial charge on any atom is 0.251 e. The smallest absolute Gasteiger partial charge is 0.251 e. The number of piperazine rings is 1. The van der Waals surface area contributed by atoms with Crippen molar-refractivity contribution in [1.82, 2.24) is 19.5 Å². The molecule has 35 heavy (non-hydrogen) atoms. The zero-order valence-corrected chi connectivity index (χ0v) is 23.1. The van der Waals surface area contributed by atoms with E-state index in [1.165, 1.54) is 21.1 Å². The number of sulfonamides is 1. The minimum absolute atomic E-state index is 0.198. The number of rotatable bonds is 9. The number of amides is 1. The van der Waals surface area contributed by atoms with Gasteiger partial charge < -0.3 is 10.2 Å². The SMILES string of the molecule is CCN(CC)S(=O)(=O)c1ccc(C(=O)NCCN2CCN(c3nc4ccc(Br)cc4s3)CC2)cc1. The predicted molar refractivity (Wildman–Crippen MR) is 145 cm³/mol. The number of hydrogen-bond donors (Lipinski definition) is 1. The van der Waals surface area contributed by atoms with Crippen LogP contribution < -0.4 is 10.2 Å². The Morgan fingerprint density at radius 3 is 2.43 bits per heavy atom. The molecule has 0 bridgehead atoms. The van der Waals surface area contributed by atoms with Gasteiger partial charge in [0.1, 0.15) is 0 Å². The third-order valence-electron chi connectivity index (χ3n) is 6.16. The highest BCUT2D eigenvalue weighted by atomic mass is 79.9. The average molecular weight is 581 g/mol. The van der Waals surface area contributed by atoms with Crippen molar-refractivity contribution >= 4 is 58.5 Å². The average Bonchev–Trinajstić information content (AvgIpc) is 3.28. The Morgan fingerprint density at radius 1 is 1.09 bits per heavy atom. The van der Waals surface area contributed by atoms with Gasteiger partial charge in [0.2, 0.25) is 10.0 Å². The Balaban J connectivity index is 1.24. The van der Waals surface area contributed by atoms with Crippen LogP contribution in [-0.2, 0) is 10.0 Å². The van der Waals surface area contributed by atoms with E-state index >= 15 is 0 Å². The van der Waals surface area contributed by atoms with Gasteiger partial charge in [-0.25, -0.2) is 13.4 Å². The van der Waals surface area contributed by atoms with Crippen LogP contribution in [0.1, 0.15) is 24.2 Å². The molecule has 4 rings (SSSR count). The molecular formula is C24H30BrN5O3S2. The van der Waals surface area contributed by atoms with E-state index in [4.69, 9.17) is 4.98 Å². The van der Waals surface area contributed by atoms with Gasteiger partial charge in [-0.2, -0.15) is 4.31 Å². The van der Waals surface area contributed by atoms with Crippen molar-refractivity contribution in [3.63, 3.8) is 0 Å². The number of thiazole rings is 1. The van der Waals surface area contributed by atoms with Crippen molar-refractivity contribution in [2.24, 2.45) is 0 Å². The molecule has 3 aromatic rings. The molecule has 188 valence electrons. The van der Waals surface area contributed by atoms with E-state index in [-0.39, 0.29) is 10.8 Å². The first-order valence-corrected chi connectivity index (χ1v) is 14.8. The molecule has 2 heterocycles. The van der Waals surface area contributed by atoms with Gasteiger partial charge in [-0.1, -0.05) is 41.1 Å². The molecule has 0 spiro atoms. The number of halogens is 1. The topological polar surface area (TPSA) is 85.8 Å². The van der Waals surface area contributed by atoms with E-state index in [1.54, 1.807) is 23.5 Å². The van der Waals surface area contributed by atoms with Gasteiger partial charge >= 0.3 is 0 Å². The van der Waals surface area contributed by atoms with E-state index in [1.807, 2.05) is 26.0 Å². The van der Waals surface area contributed by atoms with Gasteiger partial charge in [0.15, 0.2) is 5.13 Å². The molecule has 1 fully saturated rings. The van der Waals surface area contributed by atoms with Crippen molar-refractivity contribution in [3.05, 3.63) is 52.5 Å². The molecule has 2 aromatic carbocycles. The summed E-state index contributed by atoms with van der Waals surface area (Å²) in [6.07, 6.45) is 0. The summed E-state index contributed by atoms with van der Waals surface area (Å²) >= 11 is 5.23. The maximum absolute atomic E-state index is 12.6. The van der Waals surface area contributed by atoms with Crippen LogP contribution in [0, 0.1) is 0 Å². The van der Waals surface area contributed by atoms with E-state index in [9.17, 15) is 13.2 Å². The highest BCUT2D eigenvalue weighted by Crippen LogP contribution is 2.31. The summed E-state index contributed by atoms with van der Waals surface area (Å²) in [5, 5.41) is 4.00. The zero-order chi connectivity index (χ0) is 25.0. The Kier molecular flexibility index (Phi) is 8.43. The number of hydrogen-bond acceptors (Lipinski definition) is 7. The first-order valence-electron chi connectivity index (χ1n) is 11.7. The van der Waals surface area contributed by atoms with Crippen LogP contribution in [0.2, 0.25) is 0 Å². The van der Waals surface area contributed by atoms with Crippen LogP contribution in [0.25, 0.3) is 10.2 Å². The molecule has 0 unspecified atom stereocenters. The van der Waals surface area contributed by atoms with Crippen LogP contribution in [-0.4, -0.2) is 80.9 Å². The second kappa shape index (κ2) is 11.3. The number of benzene rings is 2. The van der Waals surface area contributed by atoms with Gasteiger partial charge in [-0.3, -0.25) is 9.69 Å². The quantitative estimate of drug-likeness (QED) is 0.416. The molecule has 1 aliphatic rings. The first-order chi connectivity index (χ1) is 16.8. The lowest BCUT2D eigenvalue weighted by atomic mass is 10.2. The van der Waals surface area contributed by atoms with E-state index in [0.717, 1.165) is 47.8 Å². The summed E-state index contributed by atoms with van der Waals surface area (Å²) in [7, 11) is -3.52. The Morgan fingerprint density at radius 2 is 1.77 bits per heavy atom. The molecule has 0 atom stereocenters. The van der Waals surface area contributed by atoms with Gasteiger partial charge in [-0.15, -0.1) is 0 Å². The molecule has 8 nitrogen and oxygen atoms in total. The minimum atomic E-state index is -3.52. The molecular weight excluding hydrogens is 550 g/mol. The maximum atomic E-state index is 12.6. The lowest BCUT2D eigenvalue weighted by Gasteiger charge is -2.34. The summed E-state index contributed by atoms with van der Waals surface area (Å²) in [5.41, 5.74) is 1.48. The van der Waals surface area contributed by atoms with Gasteiger partial charge in [0.25, 0.3) is 5.91 Å². The van der Waals surface area contributed by atoms with Crippen LogP contribution in [0.5, 0.6) is 0 Å². The molecule has 1 saturated heterocycles. The second-order valence-corrected chi connectivity index (χ2v) is 12.2. The molecule has 0 radical (unpaired) electrons. The number of fused-ring (bicyclic) bond motifs is 1. The number of nitrogens with zero attached hydrogens (tertiary/aromatic N) is 4. The van der Waals surface area contributed by atoms with E-state index in [2.05, 4.69) is 37.1 Å². The molecule has 1 aliphatic heterocycles. The van der Waals surface area contributed by atoms with Gasteiger partial charge in [-0.05, 0) is 42.5 Å². The van der Waals surface area contributed by atoms with Crippen LogP contribution in [0.15, 0.2) is 51.8 Å². The van der Waals surface area contributed by atoms with Crippen molar-refractivity contribution < 1.29 is 13.2 Å². The number of anilines is 1. The van der Waals surface area contributed by atoms with Crippen molar-refractivity contribution in [2.45, 2.75) is 18.7 Å². The summed E-state index contributed by atoms with van der Waals surface area (Å²) < 4.78 is 28.9. The third-order valence-corrected chi connectivity index (χ3v) is 9.79. The Bertz CT molecular complexity index is 1270. The third kappa shape index (κ3) is 6.03. The summed E-state index contributed by atoms with van der Waals surface area (Å²) in [5.74, 6) is -0.198. The monoisotopic (exact) mass is 579 g/mol. The fourth-order valence-electron chi connectivity index (χ4n) is 4.10. The molecule has 0 saturated carbocycles. The van der Waals surface area contributed by atoms with Gasteiger partial charge in [0.05, 0.1) is 15.1 Å². The summed E-state index contributed by atoms with van der Waals surface area (Å²) in [6, 6.07) is 12.3. The molecule has 0 aliphatic carbocycles. The zero-order valence-electron chi connectivity index (χ0n) is 19.9. The van der Waals surface area contributed by atoms with Gasteiger partial charge in [0, 0.05) is 62.4 Å². The normalized spacial score (nSPS) is 15.1. The fraction of sp³-hybridized carbons (Fsp3) is 0.417.